The molecule has 1 unspecified atom stereocenters. The van der Waals surface area contributed by atoms with Crippen LogP contribution < -0.4 is 10.2 Å². The van der Waals surface area contributed by atoms with E-state index in [9.17, 15) is 9.18 Å². The summed E-state index contributed by atoms with van der Waals surface area (Å²) in [6.07, 6.45) is 0.875. The van der Waals surface area contributed by atoms with Crippen LogP contribution in [0.1, 0.15) is 37.4 Å². The predicted molar refractivity (Wildman–Crippen MR) is 112 cm³/mol. The van der Waals surface area contributed by atoms with Crippen LogP contribution in [0, 0.1) is 5.82 Å². The van der Waals surface area contributed by atoms with Crippen LogP contribution in [-0.2, 0) is 4.79 Å². The fourth-order valence-corrected chi connectivity index (χ4v) is 3.94. The van der Waals surface area contributed by atoms with E-state index in [1.807, 2.05) is 17.0 Å². The normalized spacial score (nSPS) is 17.0. The first-order valence-electron chi connectivity index (χ1n) is 9.85. The summed E-state index contributed by atoms with van der Waals surface area (Å²) < 4.78 is 14.5. The highest BCUT2D eigenvalue weighted by Gasteiger charge is 2.29. The second-order valence-corrected chi connectivity index (χ2v) is 7.40. The lowest BCUT2D eigenvalue weighted by Gasteiger charge is -2.26. The topological polar surface area (TPSA) is 35.6 Å². The Bertz CT molecular complexity index is 825. The third-order valence-corrected chi connectivity index (χ3v) is 5.55. The van der Waals surface area contributed by atoms with Crippen LogP contribution in [0.5, 0.6) is 0 Å². The number of amides is 1. The summed E-state index contributed by atoms with van der Waals surface area (Å²) in [6.45, 7) is 7.97. The van der Waals surface area contributed by atoms with Gasteiger partial charge in [-0.05, 0) is 55.9 Å². The Hall–Kier alpha value is -1.95. The monoisotopic (exact) mass is 403 g/mol. The van der Waals surface area contributed by atoms with Gasteiger partial charge in [-0.15, -0.1) is 0 Å². The number of carbonyl (C=O) groups is 1. The molecule has 1 atom stereocenters. The molecule has 28 heavy (non-hydrogen) atoms. The zero-order chi connectivity index (χ0) is 20.1. The molecule has 0 radical (unpaired) electrons. The molecule has 0 bridgehead atoms. The molecule has 4 nitrogen and oxygen atoms in total. The minimum atomic E-state index is -0.424. The van der Waals surface area contributed by atoms with Gasteiger partial charge in [-0.25, -0.2) is 4.39 Å². The highest BCUT2D eigenvalue weighted by molar-refractivity contribution is 6.30. The Kier molecular flexibility index (Phi) is 7.05. The number of hydrogen-bond acceptors (Lipinski definition) is 3. The lowest BCUT2D eigenvalue weighted by molar-refractivity contribution is -0.117. The molecule has 2 aromatic carbocycles. The third kappa shape index (κ3) is 4.54. The first kappa shape index (κ1) is 20.8. The molecule has 1 N–H and O–H groups in total. The van der Waals surface area contributed by atoms with E-state index in [1.54, 1.807) is 24.3 Å². The van der Waals surface area contributed by atoms with Gasteiger partial charge in [0.05, 0.1) is 12.6 Å². The van der Waals surface area contributed by atoms with E-state index in [0.717, 1.165) is 37.3 Å². The summed E-state index contributed by atoms with van der Waals surface area (Å²) in [5.41, 5.74) is 2.14. The number of nitrogens with zero attached hydrogens (tertiary/aromatic N) is 2. The van der Waals surface area contributed by atoms with E-state index < -0.39 is 6.04 Å². The van der Waals surface area contributed by atoms with Gasteiger partial charge in [-0.2, -0.15) is 0 Å². The van der Waals surface area contributed by atoms with Crippen molar-refractivity contribution in [2.24, 2.45) is 0 Å². The lowest BCUT2D eigenvalue weighted by atomic mass is 9.96. The summed E-state index contributed by atoms with van der Waals surface area (Å²) in [6, 6.07) is 11.7. The molecule has 0 fully saturated rings. The Labute approximate surface area is 171 Å². The van der Waals surface area contributed by atoms with E-state index in [0.29, 0.717) is 17.1 Å². The molecule has 0 saturated carbocycles. The maximum absolute atomic E-state index is 14.5. The van der Waals surface area contributed by atoms with Crippen molar-refractivity contribution in [1.29, 1.82) is 0 Å². The van der Waals surface area contributed by atoms with Crippen LogP contribution in [0.3, 0.4) is 0 Å². The zero-order valence-electron chi connectivity index (χ0n) is 16.4. The fourth-order valence-electron chi connectivity index (χ4n) is 3.76. The quantitative estimate of drug-likeness (QED) is 0.751. The number of carbonyl (C=O) groups excluding carboxylic acids is 1. The van der Waals surface area contributed by atoms with Crippen molar-refractivity contribution in [2.75, 3.05) is 37.6 Å². The van der Waals surface area contributed by atoms with Crippen molar-refractivity contribution < 1.29 is 9.18 Å². The number of fused-ring (bicyclic) bond motifs is 1. The highest BCUT2D eigenvalue weighted by Crippen LogP contribution is 2.36. The average Bonchev–Trinajstić information content (AvgIpc) is 2.82. The Morgan fingerprint density at radius 2 is 1.93 bits per heavy atom. The van der Waals surface area contributed by atoms with Gasteiger partial charge < -0.3 is 9.80 Å². The molecule has 150 valence electrons. The van der Waals surface area contributed by atoms with Crippen LogP contribution >= 0.6 is 11.6 Å². The van der Waals surface area contributed by atoms with Crippen molar-refractivity contribution in [3.63, 3.8) is 0 Å². The van der Waals surface area contributed by atoms with Crippen LogP contribution in [0.4, 0.5) is 10.1 Å². The van der Waals surface area contributed by atoms with Gasteiger partial charge >= 0.3 is 0 Å². The molecule has 1 heterocycles. The molecular weight excluding hydrogens is 377 g/mol. The maximum atomic E-state index is 14.5. The first-order chi connectivity index (χ1) is 13.5. The van der Waals surface area contributed by atoms with Gasteiger partial charge in [-0.3, -0.25) is 10.1 Å². The minimum Gasteiger partial charge on any atom is -0.311 e. The molecule has 0 spiro atoms. The van der Waals surface area contributed by atoms with Crippen LogP contribution in [0.15, 0.2) is 42.5 Å². The molecule has 3 rings (SSSR count). The van der Waals surface area contributed by atoms with Gasteiger partial charge in [-0.1, -0.05) is 43.6 Å². The van der Waals surface area contributed by atoms with Crippen molar-refractivity contribution >= 4 is 23.2 Å². The van der Waals surface area contributed by atoms with Crippen LogP contribution in [-0.4, -0.2) is 43.5 Å². The number of benzene rings is 2. The SMILES string of the molecule is CCN(CC)CCCN1C(=O)CNC(c2ccccc2F)c2cc(Cl)ccc21. The van der Waals surface area contributed by atoms with E-state index in [-0.39, 0.29) is 18.3 Å². The highest BCUT2D eigenvalue weighted by atomic mass is 35.5. The number of rotatable bonds is 7. The predicted octanol–water partition coefficient (Wildman–Crippen LogP) is 4.24. The molecule has 1 amide bonds. The number of hydrogen-bond donors (Lipinski definition) is 1. The molecule has 6 heteroatoms. The summed E-state index contributed by atoms with van der Waals surface area (Å²) in [4.78, 5) is 17.0. The minimum absolute atomic E-state index is 0.0121. The largest absolute Gasteiger partial charge is 0.311 e. The molecule has 1 aliphatic heterocycles. The van der Waals surface area contributed by atoms with Gasteiger partial charge in [0.25, 0.3) is 0 Å². The molecule has 0 aromatic heterocycles. The van der Waals surface area contributed by atoms with Gasteiger partial charge in [0.15, 0.2) is 0 Å². The number of halogens is 2. The fraction of sp³-hybridized carbons (Fsp3) is 0.409. The molecular formula is C22H27ClFN3O. The summed E-state index contributed by atoms with van der Waals surface area (Å²) in [7, 11) is 0. The maximum Gasteiger partial charge on any atom is 0.240 e. The average molecular weight is 404 g/mol. The Morgan fingerprint density at radius 1 is 1.18 bits per heavy atom. The van der Waals surface area contributed by atoms with Crippen molar-refractivity contribution in [3.8, 4) is 0 Å². The number of nitrogens with one attached hydrogen (secondary N) is 1. The van der Waals surface area contributed by atoms with E-state index >= 15 is 0 Å². The molecule has 2 aromatic rings. The van der Waals surface area contributed by atoms with Crippen LogP contribution in [0.25, 0.3) is 0 Å². The second-order valence-electron chi connectivity index (χ2n) is 6.96. The molecule has 1 aliphatic rings. The Balaban J connectivity index is 1.93. The summed E-state index contributed by atoms with van der Waals surface area (Å²) >= 11 is 6.26. The van der Waals surface area contributed by atoms with Gasteiger partial charge in [0.2, 0.25) is 5.91 Å². The van der Waals surface area contributed by atoms with E-state index in [4.69, 9.17) is 11.6 Å². The Morgan fingerprint density at radius 3 is 2.64 bits per heavy atom. The van der Waals surface area contributed by atoms with E-state index in [2.05, 4.69) is 24.1 Å². The van der Waals surface area contributed by atoms with Crippen molar-refractivity contribution in [2.45, 2.75) is 26.3 Å². The van der Waals surface area contributed by atoms with Gasteiger partial charge in [0.1, 0.15) is 5.82 Å². The first-order valence-corrected chi connectivity index (χ1v) is 10.2. The zero-order valence-corrected chi connectivity index (χ0v) is 17.2. The van der Waals surface area contributed by atoms with Crippen molar-refractivity contribution in [1.82, 2.24) is 10.2 Å². The summed E-state index contributed by atoms with van der Waals surface area (Å²) in [5, 5.41) is 3.79. The van der Waals surface area contributed by atoms with Crippen LogP contribution in [0.2, 0.25) is 5.02 Å². The van der Waals surface area contributed by atoms with Crippen molar-refractivity contribution in [3.05, 3.63) is 64.4 Å². The smallest absolute Gasteiger partial charge is 0.240 e. The summed E-state index contributed by atoms with van der Waals surface area (Å²) in [5.74, 6) is -0.310. The molecule has 0 saturated heterocycles. The molecule has 0 aliphatic carbocycles. The third-order valence-electron chi connectivity index (χ3n) is 5.32. The van der Waals surface area contributed by atoms with E-state index in [1.165, 1.54) is 6.07 Å². The standard InChI is InChI=1S/C22H27ClFN3O/c1-3-26(4-2)12-7-13-27-20-11-10-16(23)14-18(20)22(25-15-21(27)28)17-8-5-6-9-19(17)24/h5-6,8-11,14,22,25H,3-4,7,12-13,15H2,1-2H3. The van der Waals surface area contributed by atoms with Gasteiger partial charge in [0, 0.05) is 22.8 Å². The number of anilines is 1. The second kappa shape index (κ2) is 9.50. The lowest BCUT2D eigenvalue weighted by Crippen LogP contribution is -2.38.